The lowest BCUT2D eigenvalue weighted by molar-refractivity contribution is 0.581. The van der Waals surface area contributed by atoms with E-state index in [4.69, 9.17) is 17.3 Å². The van der Waals surface area contributed by atoms with Gasteiger partial charge in [-0.05, 0) is 30.7 Å². The van der Waals surface area contributed by atoms with E-state index in [2.05, 4.69) is 4.72 Å². The monoisotopic (exact) mass is 310 g/mol. The number of hydrogen-bond donors (Lipinski definition) is 2. The fourth-order valence-corrected chi connectivity index (χ4v) is 3.23. The molecule has 0 spiro atoms. The molecule has 2 aromatic carbocycles. The van der Waals surface area contributed by atoms with Crippen LogP contribution in [0.15, 0.2) is 47.4 Å². The number of nitrogen functional groups attached to an aromatic ring is 1. The summed E-state index contributed by atoms with van der Waals surface area (Å²) in [6, 6.07) is 12.0. The second-order valence-electron chi connectivity index (χ2n) is 4.50. The second-order valence-corrected chi connectivity index (χ2v) is 6.67. The van der Waals surface area contributed by atoms with Crippen LogP contribution >= 0.6 is 11.6 Å². The molecule has 0 heterocycles. The third kappa shape index (κ3) is 3.50. The van der Waals surface area contributed by atoms with Gasteiger partial charge in [-0.25, -0.2) is 13.1 Å². The summed E-state index contributed by atoms with van der Waals surface area (Å²) in [6.45, 7) is 2.16. The zero-order chi connectivity index (χ0) is 14.8. The number of anilines is 1. The molecule has 6 heteroatoms. The largest absolute Gasteiger partial charge is 0.398 e. The zero-order valence-corrected chi connectivity index (χ0v) is 12.5. The molecular formula is C14H15ClN2O2S. The summed E-state index contributed by atoms with van der Waals surface area (Å²) in [5.41, 5.74) is 7.82. The molecule has 0 fully saturated rings. The van der Waals surface area contributed by atoms with E-state index in [-0.39, 0.29) is 17.1 Å². The van der Waals surface area contributed by atoms with E-state index < -0.39 is 10.0 Å². The number of rotatable bonds is 4. The highest BCUT2D eigenvalue weighted by Gasteiger charge is 2.17. The maximum Gasteiger partial charge on any atom is 0.242 e. The van der Waals surface area contributed by atoms with Gasteiger partial charge in [0.1, 0.15) is 4.90 Å². The number of hydrogen-bond acceptors (Lipinski definition) is 3. The Morgan fingerprint density at radius 2 is 1.95 bits per heavy atom. The lowest BCUT2D eigenvalue weighted by Crippen LogP contribution is -2.24. The predicted octanol–water partition coefficient (Wildman–Crippen LogP) is 2.71. The zero-order valence-electron chi connectivity index (χ0n) is 10.9. The number of aryl methyl sites for hydroxylation is 1. The number of halogens is 1. The Morgan fingerprint density at radius 3 is 2.65 bits per heavy atom. The molecule has 0 atom stereocenters. The molecular weight excluding hydrogens is 296 g/mol. The van der Waals surface area contributed by atoms with Crippen molar-refractivity contribution >= 4 is 27.3 Å². The van der Waals surface area contributed by atoms with Crippen molar-refractivity contribution in [2.24, 2.45) is 0 Å². The summed E-state index contributed by atoms with van der Waals surface area (Å²) in [6.07, 6.45) is 0. The predicted molar refractivity (Wildman–Crippen MR) is 81.1 cm³/mol. The highest BCUT2D eigenvalue weighted by Crippen LogP contribution is 2.22. The highest BCUT2D eigenvalue weighted by molar-refractivity contribution is 7.89. The van der Waals surface area contributed by atoms with E-state index in [1.165, 1.54) is 12.1 Å². The standard InChI is InChI=1S/C14H15ClN2O2S/c1-10-3-2-4-11(7-10)9-17-20(18,19)14-8-12(15)5-6-13(14)16/h2-8,17H,9,16H2,1H3. The number of sulfonamides is 1. The average molecular weight is 311 g/mol. The van der Waals surface area contributed by atoms with Crippen LogP contribution in [0.3, 0.4) is 0 Å². The van der Waals surface area contributed by atoms with E-state index in [1.807, 2.05) is 31.2 Å². The Labute approximate surface area is 123 Å². The first-order chi connectivity index (χ1) is 9.38. The van der Waals surface area contributed by atoms with Crippen molar-refractivity contribution in [3.8, 4) is 0 Å². The highest BCUT2D eigenvalue weighted by atomic mass is 35.5. The van der Waals surface area contributed by atoms with Crippen LogP contribution in [0.1, 0.15) is 11.1 Å². The van der Waals surface area contributed by atoms with Gasteiger partial charge < -0.3 is 5.73 Å². The summed E-state index contributed by atoms with van der Waals surface area (Å²) in [5.74, 6) is 0. The first-order valence-electron chi connectivity index (χ1n) is 5.99. The van der Waals surface area contributed by atoms with Gasteiger partial charge in [0.15, 0.2) is 0 Å². The third-order valence-corrected chi connectivity index (χ3v) is 4.51. The van der Waals surface area contributed by atoms with E-state index in [0.29, 0.717) is 5.02 Å². The smallest absolute Gasteiger partial charge is 0.242 e. The SMILES string of the molecule is Cc1cccc(CNS(=O)(=O)c2cc(Cl)ccc2N)c1. The molecule has 106 valence electrons. The van der Waals surface area contributed by atoms with Gasteiger partial charge in [0.05, 0.1) is 5.69 Å². The van der Waals surface area contributed by atoms with Crippen molar-refractivity contribution in [2.45, 2.75) is 18.4 Å². The van der Waals surface area contributed by atoms with Crippen molar-refractivity contribution in [1.82, 2.24) is 4.72 Å². The van der Waals surface area contributed by atoms with Crippen molar-refractivity contribution in [3.05, 3.63) is 58.6 Å². The molecule has 2 rings (SSSR count). The van der Waals surface area contributed by atoms with Gasteiger partial charge in [-0.2, -0.15) is 0 Å². The van der Waals surface area contributed by atoms with E-state index in [1.54, 1.807) is 6.07 Å². The van der Waals surface area contributed by atoms with Crippen LogP contribution < -0.4 is 10.5 Å². The summed E-state index contributed by atoms with van der Waals surface area (Å²) >= 11 is 5.81. The van der Waals surface area contributed by atoms with Gasteiger partial charge in [0, 0.05) is 11.6 Å². The fourth-order valence-electron chi connectivity index (χ4n) is 1.82. The molecule has 2 aromatic rings. The molecule has 0 aromatic heterocycles. The number of nitrogens with one attached hydrogen (secondary N) is 1. The van der Waals surface area contributed by atoms with Crippen LogP contribution in [-0.4, -0.2) is 8.42 Å². The Kier molecular flexibility index (Phi) is 4.32. The summed E-state index contributed by atoms with van der Waals surface area (Å²) in [7, 11) is -3.68. The van der Waals surface area contributed by atoms with Crippen LogP contribution in [0.2, 0.25) is 5.02 Å². The first-order valence-corrected chi connectivity index (χ1v) is 7.85. The van der Waals surface area contributed by atoms with E-state index in [9.17, 15) is 8.42 Å². The lowest BCUT2D eigenvalue weighted by atomic mass is 10.1. The van der Waals surface area contributed by atoms with Crippen molar-refractivity contribution in [3.63, 3.8) is 0 Å². The molecule has 0 aliphatic heterocycles. The minimum atomic E-state index is -3.68. The summed E-state index contributed by atoms with van der Waals surface area (Å²) in [4.78, 5) is -0.00217. The summed E-state index contributed by atoms with van der Waals surface area (Å²) < 4.78 is 26.9. The van der Waals surface area contributed by atoms with Crippen LogP contribution in [0.5, 0.6) is 0 Å². The Balaban J connectivity index is 2.21. The van der Waals surface area contributed by atoms with Crippen molar-refractivity contribution in [1.29, 1.82) is 0 Å². The van der Waals surface area contributed by atoms with Gasteiger partial charge >= 0.3 is 0 Å². The molecule has 0 saturated heterocycles. The average Bonchev–Trinajstić information content (AvgIpc) is 2.39. The normalized spacial score (nSPS) is 11.5. The Morgan fingerprint density at radius 1 is 1.20 bits per heavy atom. The minimum absolute atomic E-state index is 0.00217. The van der Waals surface area contributed by atoms with Crippen LogP contribution in [-0.2, 0) is 16.6 Å². The minimum Gasteiger partial charge on any atom is -0.398 e. The van der Waals surface area contributed by atoms with E-state index >= 15 is 0 Å². The molecule has 3 N–H and O–H groups in total. The summed E-state index contributed by atoms with van der Waals surface area (Å²) in [5, 5.41) is 0.329. The van der Waals surface area contributed by atoms with Crippen molar-refractivity contribution in [2.75, 3.05) is 5.73 Å². The molecule has 0 aliphatic carbocycles. The third-order valence-electron chi connectivity index (χ3n) is 2.81. The Hall–Kier alpha value is -1.56. The lowest BCUT2D eigenvalue weighted by Gasteiger charge is -2.10. The molecule has 0 amide bonds. The number of nitrogens with two attached hydrogens (primary N) is 1. The number of benzene rings is 2. The molecule has 0 aliphatic rings. The van der Waals surface area contributed by atoms with Gasteiger partial charge in [0.2, 0.25) is 10.0 Å². The van der Waals surface area contributed by atoms with Crippen LogP contribution in [0.25, 0.3) is 0 Å². The Bertz CT molecular complexity index is 730. The molecule has 0 saturated carbocycles. The first kappa shape index (κ1) is 14.8. The van der Waals surface area contributed by atoms with Gasteiger partial charge in [0.25, 0.3) is 0 Å². The molecule has 0 bridgehead atoms. The van der Waals surface area contributed by atoms with E-state index in [0.717, 1.165) is 11.1 Å². The van der Waals surface area contributed by atoms with Crippen molar-refractivity contribution < 1.29 is 8.42 Å². The molecule has 20 heavy (non-hydrogen) atoms. The fraction of sp³-hybridized carbons (Fsp3) is 0.143. The maximum atomic E-state index is 12.2. The van der Waals surface area contributed by atoms with Crippen LogP contribution in [0, 0.1) is 6.92 Å². The quantitative estimate of drug-likeness (QED) is 0.853. The van der Waals surface area contributed by atoms with Gasteiger partial charge in [-0.3, -0.25) is 0 Å². The topological polar surface area (TPSA) is 72.2 Å². The van der Waals surface area contributed by atoms with Crippen LogP contribution in [0.4, 0.5) is 5.69 Å². The molecule has 0 radical (unpaired) electrons. The van der Waals surface area contributed by atoms with Gasteiger partial charge in [-0.1, -0.05) is 41.4 Å². The van der Waals surface area contributed by atoms with Gasteiger partial charge in [-0.15, -0.1) is 0 Å². The molecule has 0 unspecified atom stereocenters. The second kappa shape index (κ2) is 5.83. The maximum absolute atomic E-state index is 12.2. The molecule has 4 nitrogen and oxygen atoms in total.